The van der Waals surface area contributed by atoms with Crippen molar-refractivity contribution in [3.8, 4) is 17.0 Å². The molecule has 1 aliphatic heterocycles. The molecule has 162 valence electrons. The molecule has 1 aliphatic rings. The number of anilines is 2. The molecular formula is C25H25N5OS. The van der Waals surface area contributed by atoms with Gasteiger partial charge in [-0.05, 0) is 36.6 Å². The molecule has 0 radical (unpaired) electrons. The van der Waals surface area contributed by atoms with E-state index in [1.54, 1.807) is 18.9 Å². The molecule has 2 aromatic heterocycles. The number of nitrogens with zero attached hydrogens (tertiary/aromatic N) is 4. The third-order valence-corrected chi connectivity index (χ3v) is 6.57. The Hall–Kier alpha value is -3.16. The average molecular weight is 444 g/mol. The number of pyridine rings is 1. The molecule has 4 aromatic rings. The fourth-order valence-electron chi connectivity index (χ4n) is 4.16. The van der Waals surface area contributed by atoms with Crippen molar-refractivity contribution >= 4 is 34.3 Å². The largest absolute Gasteiger partial charge is 0.480 e. The van der Waals surface area contributed by atoms with E-state index in [1.165, 1.54) is 16.0 Å². The summed E-state index contributed by atoms with van der Waals surface area (Å²) in [5, 5.41) is 4.36. The minimum Gasteiger partial charge on any atom is -0.480 e. The number of aromatic nitrogens is 3. The van der Waals surface area contributed by atoms with Crippen LogP contribution < -0.4 is 10.1 Å². The van der Waals surface area contributed by atoms with E-state index in [9.17, 15) is 0 Å². The maximum atomic E-state index is 5.58. The van der Waals surface area contributed by atoms with E-state index in [0.29, 0.717) is 11.8 Å². The smallest absolute Gasteiger partial charge is 0.237 e. The van der Waals surface area contributed by atoms with E-state index in [1.807, 2.05) is 12.3 Å². The molecule has 7 heteroatoms. The second-order valence-corrected chi connectivity index (χ2v) is 8.75. The number of methoxy groups -OCH3 is 1. The van der Waals surface area contributed by atoms with Crippen LogP contribution >= 0.6 is 11.8 Å². The lowest BCUT2D eigenvalue weighted by Crippen LogP contribution is -2.27. The minimum absolute atomic E-state index is 0.524. The van der Waals surface area contributed by atoms with Gasteiger partial charge in [0.05, 0.1) is 18.3 Å². The van der Waals surface area contributed by atoms with Crippen LogP contribution in [0.2, 0.25) is 0 Å². The van der Waals surface area contributed by atoms with Crippen molar-refractivity contribution in [1.29, 1.82) is 0 Å². The van der Waals surface area contributed by atoms with E-state index in [0.717, 1.165) is 47.4 Å². The van der Waals surface area contributed by atoms with Gasteiger partial charge >= 0.3 is 0 Å². The third-order valence-electron chi connectivity index (χ3n) is 5.77. The Labute approximate surface area is 192 Å². The van der Waals surface area contributed by atoms with Gasteiger partial charge in [0, 0.05) is 41.6 Å². The van der Waals surface area contributed by atoms with Crippen LogP contribution in [0.1, 0.15) is 11.3 Å². The second-order valence-electron chi connectivity index (χ2n) is 7.90. The molecule has 0 saturated carbocycles. The van der Waals surface area contributed by atoms with Crippen LogP contribution in [-0.4, -0.2) is 46.8 Å². The lowest BCUT2D eigenvalue weighted by atomic mass is 10.0. The number of benzene rings is 2. The Morgan fingerprint density at radius 2 is 1.91 bits per heavy atom. The van der Waals surface area contributed by atoms with E-state index in [-0.39, 0.29) is 0 Å². The summed E-state index contributed by atoms with van der Waals surface area (Å²) in [7, 11) is 3.77. The van der Waals surface area contributed by atoms with Gasteiger partial charge in [-0.1, -0.05) is 36.4 Å². The molecule has 0 spiro atoms. The minimum atomic E-state index is 0.524. The number of hydrogen-bond donors (Lipinski definition) is 1. The van der Waals surface area contributed by atoms with Crippen molar-refractivity contribution in [2.45, 2.75) is 17.9 Å². The lowest BCUT2D eigenvalue weighted by Gasteiger charge is -2.25. The van der Waals surface area contributed by atoms with Crippen LogP contribution in [0.5, 0.6) is 5.88 Å². The van der Waals surface area contributed by atoms with Crippen molar-refractivity contribution in [2.24, 2.45) is 0 Å². The Bertz CT molecular complexity index is 1290. The first kappa shape index (κ1) is 20.7. The number of likely N-dealkylation sites (N-methyl/N-ethyl adjacent to an activating group) is 1. The second kappa shape index (κ2) is 8.76. The summed E-state index contributed by atoms with van der Waals surface area (Å²) in [5.74, 6) is 1.09. The number of fused-ring (bicyclic) bond motifs is 2. The molecule has 0 fully saturated rings. The molecule has 2 aromatic carbocycles. The molecule has 0 bridgehead atoms. The maximum Gasteiger partial charge on any atom is 0.237 e. The Balaban J connectivity index is 1.57. The third kappa shape index (κ3) is 3.89. The topological polar surface area (TPSA) is 63.2 Å². The van der Waals surface area contributed by atoms with Gasteiger partial charge in [-0.25, -0.2) is 15.0 Å². The van der Waals surface area contributed by atoms with Gasteiger partial charge in [-0.2, -0.15) is 0 Å². The van der Waals surface area contributed by atoms with Gasteiger partial charge in [0.1, 0.15) is 5.69 Å². The number of ether oxygens (including phenoxy) is 1. The molecule has 3 heterocycles. The number of thioether (sulfide) groups is 1. The van der Waals surface area contributed by atoms with E-state index in [2.05, 4.69) is 71.0 Å². The number of para-hydroxylation sites is 1. The molecule has 5 rings (SSSR count). The Morgan fingerprint density at radius 3 is 2.75 bits per heavy atom. The molecule has 0 aliphatic carbocycles. The standard InChI is InChI=1S/C25H25N5OS/c1-30-12-11-20-17(15-30)13-21(24(27-20)31-2)28-25-26-14-16-7-6-9-19(23(16)29-25)18-8-4-5-10-22(18)32-3/h4-10,13-14H,11-12,15H2,1-3H3,(H,26,28,29). The number of rotatable bonds is 5. The molecule has 32 heavy (non-hydrogen) atoms. The van der Waals surface area contributed by atoms with Crippen LogP contribution in [0, 0.1) is 0 Å². The highest BCUT2D eigenvalue weighted by Crippen LogP contribution is 2.35. The Morgan fingerprint density at radius 1 is 1.06 bits per heavy atom. The van der Waals surface area contributed by atoms with Gasteiger partial charge in [0.15, 0.2) is 0 Å². The van der Waals surface area contributed by atoms with Gasteiger partial charge in [0.25, 0.3) is 0 Å². The fourth-order valence-corrected chi connectivity index (χ4v) is 4.77. The van der Waals surface area contributed by atoms with Crippen molar-refractivity contribution in [3.05, 3.63) is 66.0 Å². The van der Waals surface area contributed by atoms with E-state index in [4.69, 9.17) is 14.7 Å². The van der Waals surface area contributed by atoms with Crippen LogP contribution in [0.4, 0.5) is 11.6 Å². The first-order valence-corrected chi connectivity index (χ1v) is 11.8. The summed E-state index contributed by atoms with van der Waals surface area (Å²) in [5.41, 5.74) is 6.26. The summed E-state index contributed by atoms with van der Waals surface area (Å²) in [6.45, 7) is 1.87. The summed E-state index contributed by atoms with van der Waals surface area (Å²) in [4.78, 5) is 17.7. The first-order valence-electron chi connectivity index (χ1n) is 10.6. The van der Waals surface area contributed by atoms with Gasteiger partial charge in [-0.3, -0.25) is 0 Å². The lowest BCUT2D eigenvalue weighted by molar-refractivity contribution is 0.307. The number of hydrogen-bond acceptors (Lipinski definition) is 7. The predicted octanol–water partition coefficient (Wildman–Crippen LogP) is 5.15. The molecule has 0 unspecified atom stereocenters. The molecule has 0 saturated heterocycles. The summed E-state index contributed by atoms with van der Waals surface area (Å²) in [6.07, 6.45) is 4.88. The Kier molecular flexibility index (Phi) is 5.68. The molecule has 1 N–H and O–H groups in total. The molecule has 6 nitrogen and oxygen atoms in total. The van der Waals surface area contributed by atoms with Gasteiger partial charge < -0.3 is 15.0 Å². The highest BCUT2D eigenvalue weighted by atomic mass is 32.2. The van der Waals surface area contributed by atoms with E-state index >= 15 is 0 Å². The van der Waals surface area contributed by atoms with Crippen LogP contribution in [0.3, 0.4) is 0 Å². The van der Waals surface area contributed by atoms with Crippen LogP contribution in [0.25, 0.3) is 22.0 Å². The molecule has 0 amide bonds. The number of nitrogens with one attached hydrogen (secondary N) is 1. The van der Waals surface area contributed by atoms with Crippen molar-refractivity contribution in [2.75, 3.05) is 32.3 Å². The quantitative estimate of drug-likeness (QED) is 0.428. The highest BCUT2D eigenvalue weighted by Gasteiger charge is 2.19. The summed E-state index contributed by atoms with van der Waals surface area (Å²) < 4.78 is 5.58. The maximum absolute atomic E-state index is 5.58. The van der Waals surface area contributed by atoms with Crippen molar-refractivity contribution in [3.63, 3.8) is 0 Å². The zero-order chi connectivity index (χ0) is 22.1. The van der Waals surface area contributed by atoms with Crippen molar-refractivity contribution < 1.29 is 4.74 Å². The zero-order valence-electron chi connectivity index (χ0n) is 18.4. The summed E-state index contributed by atoms with van der Waals surface area (Å²) >= 11 is 1.74. The average Bonchev–Trinajstić information content (AvgIpc) is 2.83. The van der Waals surface area contributed by atoms with Crippen LogP contribution in [0.15, 0.2) is 59.6 Å². The molecular weight excluding hydrogens is 418 g/mol. The monoisotopic (exact) mass is 443 g/mol. The zero-order valence-corrected chi connectivity index (χ0v) is 19.2. The fraction of sp³-hybridized carbons (Fsp3) is 0.240. The molecule has 0 atom stereocenters. The van der Waals surface area contributed by atoms with E-state index < -0.39 is 0 Å². The van der Waals surface area contributed by atoms with Gasteiger partial charge in [0.2, 0.25) is 11.8 Å². The van der Waals surface area contributed by atoms with Crippen LogP contribution in [-0.2, 0) is 13.0 Å². The normalized spacial score (nSPS) is 13.7. The SMILES string of the molecule is COc1nc2c(cc1Nc1ncc3cccc(-c4ccccc4SC)c3n1)CN(C)CC2. The highest BCUT2D eigenvalue weighted by molar-refractivity contribution is 7.98. The predicted molar refractivity (Wildman–Crippen MR) is 131 cm³/mol. The first-order chi connectivity index (χ1) is 15.7. The van der Waals surface area contributed by atoms with Gasteiger partial charge in [-0.15, -0.1) is 11.8 Å². The van der Waals surface area contributed by atoms with Crippen molar-refractivity contribution in [1.82, 2.24) is 19.9 Å². The summed E-state index contributed by atoms with van der Waals surface area (Å²) in [6, 6.07) is 16.7.